The zero-order valence-electron chi connectivity index (χ0n) is 13.0. The van der Waals surface area contributed by atoms with E-state index in [1.807, 2.05) is 48.5 Å². The number of para-hydroxylation sites is 2. The maximum atomic E-state index is 12.4. The van der Waals surface area contributed by atoms with Gasteiger partial charge in [0.05, 0.1) is 12.1 Å². The molecule has 1 atom stereocenters. The molecule has 1 aliphatic rings. The first kappa shape index (κ1) is 15.7. The largest absolute Gasteiger partial charge is 0.486 e. The molecule has 2 aromatic rings. The highest BCUT2D eigenvalue weighted by Crippen LogP contribution is 2.30. The lowest BCUT2D eigenvalue weighted by atomic mass is 10.2. The van der Waals surface area contributed by atoms with E-state index in [1.165, 1.54) is 0 Å². The molecule has 0 unspecified atom stereocenters. The van der Waals surface area contributed by atoms with Gasteiger partial charge in [-0.05, 0) is 30.0 Å². The van der Waals surface area contributed by atoms with Gasteiger partial charge in [-0.3, -0.25) is 4.79 Å². The molecule has 1 heterocycles. The van der Waals surface area contributed by atoms with Crippen LogP contribution in [0.25, 0.3) is 0 Å². The van der Waals surface area contributed by atoms with Gasteiger partial charge >= 0.3 is 0 Å². The summed E-state index contributed by atoms with van der Waals surface area (Å²) in [5.74, 6) is 2.32. The highest BCUT2D eigenvalue weighted by molar-refractivity contribution is 7.99. The van der Waals surface area contributed by atoms with Crippen molar-refractivity contribution in [1.29, 1.82) is 0 Å². The number of hydrogen-bond donors (Lipinski definition) is 1. The lowest BCUT2D eigenvalue weighted by molar-refractivity contribution is 0.0787. The predicted octanol–water partition coefficient (Wildman–Crippen LogP) is 3.37. The first-order chi connectivity index (χ1) is 11.3. The molecule has 0 bridgehead atoms. The van der Waals surface area contributed by atoms with Gasteiger partial charge in [-0.25, -0.2) is 0 Å². The van der Waals surface area contributed by atoms with Gasteiger partial charge in [0, 0.05) is 4.90 Å². The normalized spacial score (nSPS) is 16.0. The molecule has 0 saturated carbocycles. The second kappa shape index (κ2) is 7.42. The van der Waals surface area contributed by atoms with Crippen LogP contribution in [0.3, 0.4) is 0 Å². The Morgan fingerprint density at radius 2 is 1.91 bits per heavy atom. The van der Waals surface area contributed by atoms with Crippen molar-refractivity contribution in [3.05, 3.63) is 54.1 Å². The SMILES string of the molecule is CCSc1ccccc1C(=O)NC[C@@H]1COc2ccccc2O1. The number of amides is 1. The summed E-state index contributed by atoms with van der Waals surface area (Å²) in [6.07, 6.45) is -0.181. The number of carbonyl (C=O) groups is 1. The van der Waals surface area contributed by atoms with Gasteiger partial charge in [0.2, 0.25) is 0 Å². The van der Waals surface area contributed by atoms with E-state index in [0.29, 0.717) is 18.7 Å². The number of fused-ring (bicyclic) bond motifs is 1. The molecule has 0 aliphatic carbocycles. The van der Waals surface area contributed by atoms with Crippen LogP contribution in [0.15, 0.2) is 53.4 Å². The summed E-state index contributed by atoms with van der Waals surface area (Å²) < 4.78 is 11.5. The minimum Gasteiger partial charge on any atom is -0.486 e. The van der Waals surface area contributed by atoms with Gasteiger partial charge in [-0.15, -0.1) is 11.8 Å². The number of thioether (sulfide) groups is 1. The van der Waals surface area contributed by atoms with E-state index in [9.17, 15) is 4.79 Å². The molecule has 5 heteroatoms. The Kier molecular flexibility index (Phi) is 5.08. The molecule has 1 amide bonds. The molecule has 0 radical (unpaired) electrons. The van der Waals surface area contributed by atoms with Crippen LogP contribution in [0.4, 0.5) is 0 Å². The Morgan fingerprint density at radius 3 is 2.74 bits per heavy atom. The van der Waals surface area contributed by atoms with Crippen LogP contribution < -0.4 is 14.8 Å². The first-order valence-electron chi connectivity index (χ1n) is 7.66. The monoisotopic (exact) mass is 329 g/mol. The average Bonchev–Trinajstić information content (AvgIpc) is 2.60. The Labute approximate surface area is 140 Å². The molecule has 1 aliphatic heterocycles. The van der Waals surface area contributed by atoms with Crippen LogP contribution in [0.2, 0.25) is 0 Å². The molecule has 0 spiro atoms. The zero-order chi connectivity index (χ0) is 16.1. The van der Waals surface area contributed by atoms with E-state index in [-0.39, 0.29) is 12.0 Å². The van der Waals surface area contributed by atoms with Gasteiger partial charge in [0.15, 0.2) is 11.5 Å². The zero-order valence-corrected chi connectivity index (χ0v) is 13.8. The van der Waals surface area contributed by atoms with Gasteiger partial charge in [0.25, 0.3) is 5.91 Å². The number of carbonyl (C=O) groups excluding carboxylic acids is 1. The Hall–Kier alpha value is -2.14. The van der Waals surface area contributed by atoms with Gasteiger partial charge in [-0.2, -0.15) is 0 Å². The number of benzene rings is 2. The number of nitrogens with one attached hydrogen (secondary N) is 1. The van der Waals surface area contributed by atoms with Crippen molar-refractivity contribution in [1.82, 2.24) is 5.32 Å². The quantitative estimate of drug-likeness (QED) is 0.855. The molecule has 0 aromatic heterocycles. The molecular weight excluding hydrogens is 310 g/mol. The van der Waals surface area contributed by atoms with E-state index in [4.69, 9.17) is 9.47 Å². The van der Waals surface area contributed by atoms with Crippen LogP contribution >= 0.6 is 11.8 Å². The first-order valence-corrected chi connectivity index (χ1v) is 8.65. The third-order valence-corrected chi connectivity index (χ3v) is 4.45. The molecule has 4 nitrogen and oxygen atoms in total. The third-order valence-electron chi connectivity index (χ3n) is 3.49. The van der Waals surface area contributed by atoms with Crippen molar-refractivity contribution in [2.45, 2.75) is 17.9 Å². The fraction of sp³-hybridized carbons (Fsp3) is 0.278. The van der Waals surface area contributed by atoms with Gasteiger partial charge < -0.3 is 14.8 Å². The predicted molar refractivity (Wildman–Crippen MR) is 91.5 cm³/mol. The van der Waals surface area contributed by atoms with Crippen molar-refractivity contribution in [2.75, 3.05) is 18.9 Å². The highest BCUT2D eigenvalue weighted by Gasteiger charge is 2.21. The minimum absolute atomic E-state index is 0.0796. The van der Waals surface area contributed by atoms with Crippen LogP contribution in [0.1, 0.15) is 17.3 Å². The van der Waals surface area contributed by atoms with Crippen molar-refractivity contribution < 1.29 is 14.3 Å². The highest BCUT2D eigenvalue weighted by atomic mass is 32.2. The van der Waals surface area contributed by atoms with E-state index in [1.54, 1.807) is 11.8 Å². The smallest absolute Gasteiger partial charge is 0.252 e. The third kappa shape index (κ3) is 3.79. The molecule has 0 fully saturated rings. The van der Waals surface area contributed by atoms with Gasteiger partial charge in [-0.1, -0.05) is 31.2 Å². The fourth-order valence-electron chi connectivity index (χ4n) is 2.40. The molecule has 3 rings (SSSR count). The number of hydrogen-bond acceptors (Lipinski definition) is 4. The summed E-state index contributed by atoms with van der Waals surface area (Å²) in [4.78, 5) is 13.4. The minimum atomic E-state index is -0.181. The molecule has 1 N–H and O–H groups in total. The summed E-state index contributed by atoms with van der Waals surface area (Å²) in [6, 6.07) is 15.2. The van der Waals surface area contributed by atoms with E-state index in [2.05, 4.69) is 12.2 Å². The van der Waals surface area contributed by atoms with Crippen molar-refractivity contribution in [3.63, 3.8) is 0 Å². The summed E-state index contributed by atoms with van der Waals surface area (Å²) in [6.45, 7) is 2.92. The van der Waals surface area contributed by atoms with Crippen LogP contribution in [-0.2, 0) is 0 Å². The average molecular weight is 329 g/mol. The summed E-state index contributed by atoms with van der Waals surface area (Å²) in [5, 5.41) is 2.94. The molecule has 120 valence electrons. The van der Waals surface area contributed by atoms with Crippen molar-refractivity contribution in [2.24, 2.45) is 0 Å². The fourth-order valence-corrected chi connectivity index (χ4v) is 3.20. The second-order valence-electron chi connectivity index (χ2n) is 5.14. The molecule has 23 heavy (non-hydrogen) atoms. The topological polar surface area (TPSA) is 47.6 Å². The Morgan fingerprint density at radius 1 is 1.17 bits per heavy atom. The molecular formula is C18H19NO3S. The molecule has 2 aromatic carbocycles. The molecule has 0 saturated heterocycles. The van der Waals surface area contributed by atoms with Crippen molar-refractivity contribution >= 4 is 17.7 Å². The second-order valence-corrected chi connectivity index (χ2v) is 6.44. The number of rotatable bonds is 5. The van der Waals surface area contributed by atoms with E-state index < -0.39 is 0 Å². The van der Waals surface area contributed by atoms with E-state index >= 15 is 0 Å². The lowest BCUT2D eigenvalue weighted by Crippen LogP contribution is -2.40. The van der Waals surface area contributed by atoms with Crippen molar-refractivity contribution in [3.8, 4) is 11.5 Å². The van der Waals surface area contributed by atoms with Gasteiger partial charge in [0.1, 0.15) is 12.7 Å². The van der Waals surface area contributed by atoms with Crippen LogP contribution in [0, 0.1) is 0 Å². The number of ether oxygens (including phenoxy) is 2. The summed E-state index contributed by atoms with van der Waals surface area (Å²) in [7, 11) is 0. The van der Waals surface area contributed by atoms with Crippen LogP contribution in [0.5, 0.6) is 11.5 Å². The summed E-state index contributed by atoms with van der Waals surface area (Å²) in [5.41, 5.74) is 0.705. The standard InChI is InChI=1S/C18H19NO3S/c1-2-23-17-10-6-3-7-14(17)18(20)19-11-13-12-21-15-8-4-5-9-16(15)22-13/h3-10,13H,2,11-12H2,1H3,(H,19,20)/t13-/m1/s1. The van der Waals surface area contributed by atoms with E-state index in [0.717, 1.165) is 22.1 Å². The Balaban J connectivity index is 1.60. The summed E-state index contributed by atoms with van der Waals surface area (Å²) >= 11 is 1.67. The Bertz CT molecular complexity index is 689. The lowest BCUT2D eigenvalue weighted by Gasteiger charge is -2.26. The maximum Gasteiger partial charge on any atom is 0.252 e. The maximum absolute atomic E-state index is 12.4. The van der Waals surface area contributed by atoms with Crippen LogP contribution in [-0.4, -0.2) is 30.9 Å².